The fourth-order valence-corrected chi connectivity index (χ4v) is 1.53. The minimum atomic E-state index is -0.288. The Kier molecular flexibility index (Phi) is 5.56. The van der Waals surface area contributed by atoms with Crippen molar-refractivity contribution < 1.29 is 0 Å². The molecule has 0 aromatic rings. The zero-order chi connectivity index (χ0) is 8.20. The first-order chi connectivity index (χ1) is 4.54. The van der Waals surface area contributed by atoms with Crippen LogP contribution in [0, 0.1) is 0 Å². The molecule has 0 fully saturated rings. The lowest BCUT2D eigenvalue weighted by atomic mass is 10.3. The Morgan fingerprint density at radius 2 is 2.40 bits per heavy atom. The predicted molar refractivity (Wildman–Crippen MR) is 63.7 cm³/mol. The molecule has 2 atom stereocenters. The maximum absolute atomic E-state index is 5.84. The third-order valence-corrected chi connectivity index (χ3v) is 3.95. The molecule has 0 saturated carbocycles. The Hall–Kier alpha value is 1.21. The molecule has 0 rings (SSSR count). The fourth-order valence-electron chi connectivity index (χ4n) is 0.366. The van der Waals surface area contributed by atoms with E-state index < -0.39 is 0 Å². The van der Waals surface area contributed by atoms with Crippen LogP contribution in [0.25, 0.3) is 0 Å². The highest BCUT2D eigenvalue weighted by Crippen LogP contribution is 2.17. The largest absolute Gasteiger partial charge is 0.315 e. The van der Waals surface area contributed by atoms with E-state index in [9.17, 15) is 0 Å². The number of alkyl halides is 2. The molecular formula is C5H13I2N3. The van der Waals surface area contributed by atoms with Gasteiger partial charge in [-0.1, -0.05) is 27.1 Å². The SMILES string of the molecule is C=IC(C)(N)C(N)NCI. The zero-order valence-electron chi connectivity index (χ0n) is 5.90. The van der Waals surface area contributed by atoms with E-state index in [2.05, 4.69) is 32.4 Å². The second-order valence-electron chi connectivity index (χ2n) is 2.10. The van der Waals surface area contributed by atoms with Crippen LogP contribution in [0.15, 0.2) is 0 Å². The number of rotatable bonds is 4. The van der Waals surface area contributed by atoms with Crippen molar-refractivity contribution in [1.82, 2.24) is 5.32 Å². The number of halogens is 2. The molecule has 0 saturated heterocycles. The summed E-state index contributed by atoms with van der Waals surface area (Å²) >= 11 is 1.95. The van der Waals surface area contributed by atoms with Crippen LogP contribution in [0.1, 0.15) is 6.92 Å². The van der Waals surface area contributed by atoms with Crippen molar-refractivity contribution in [2.45, 2.75) is 16.6 Å². The Morgan fingerprint density at radius 1 is 1.90 bits per heavy atom. The second-order valence-corrected chi connectivity index (χ2v) is 5.95. The molecule has 0 heterocycles. The van der Waals surface area contributed by atoms with Crippen LogP contribution < -0.4 is 16.8 Å². The van der Waals surface area contributed by atoms with E-state index in [0.717, 1.165) is 4.55 Å². The maximum Gasteiger partial charge on any atom is 0.0884 e. The molecule has 62 valence electrons. The summed E-state index contributed by atoms with van der Waals surface area (Å²) < 4.78 is 4.36. The van der Waals surface area contributed by atoms with E-state index in [4.69, 9.17) is 11.5 Å². The molecule has 2 unspecified atom stereocenters. The van der Waals surface area contributed by atoms with Crippen LogP contribution >= 0.6 is 43.3 Å². The Morgan fingerprint density at radius 3 is 2.70 bits per heavy atom. The monoisotopic (exact) mass is 369 g/mol. The molecule has 10 heavy (non-hydrogen) atoms. The van der Waals surface area contributed by atoms with Crippen molar-refractivity contribution in [2.24, 2.45) is 11.5 Å². The molecule has 0 aliphatic rings. The van der Waals surface area contributed by atoms with Gasteiger partial charge in [0.25, 0.3) is 0 Å². The molecule has 0 aromatic heterocycles. The number of hydrogen-bond donors (Lipinski definition) is 3. The first-order valence-corrected chi connectivity index (χ1v) is 6.91. The molecule has 0 radical (unpaired) electrons. The molecule has 5 N–H and O–H groups in total. The molecule has 5 heteroatoms. The van der Waals surface area contributed by atoms with Crippen molar-refractivity contribution in [2.75, 3.05) is 4.55 Å². The molecule has 0 bridgehead atoms. The van der Waals surface area contributed by atoms with Crippen molar-refractivity contribution in [3.63, 3.8) is 0 Å². The summed E-state index contributed by atoms with van der Waals surface area (Å²) in [6.07, 6.45) is -0.116. The van der Waals surface area contributed by atoms with E-state index in [1.807, 2.05) is 6.92 Å². The molecular weight excluding hydrogens is 356 g/mol. The lowest BCUT2D eigenvalue weighted by Gasteiger charge is -2.26. The number of nitrogens with one attached hydrogen (secondary N) is 1. The molecule has 0 amide bonds. The van der Waals surface area contributed by atoms with Crippen molar-refractivity contribution in [3.05, 3.63) is 0 Å². The van der Waals surface area contributed by atoms with Gasteiger partial charge in [-0.2, -0.15) is 0 Å². The third kappa shape index (κ3) is 3.56. The molecule has 0 aromatic carbocycles. The highest BCUT2D eigenvalue weighted by Gasteiger charge is 2.22. The Labute approximate surface area is 85.2 Å². The molecule has 0 spiro atoms. The lowest BCUT2D eigenvalue weighted by molar-refractivity contribution is 0.478. The Balaban J connectivity index is 3.90. The standard InChI is InChI=1S/C5H13I2N3/c1-5(9,7-2)4(8)10-3-6/h4,10H,2-3,8-9H2,1H3. The first kappa shape index (κ1) is 11.2. The quantitative estimate of drug-likeness (QED) is 0.290. The summed E-state index contributed by atoms with van der Waals surface area (Å²) in [5.74, 6) is 0. The average Bonchev–Trinajstić information content (AvgIpc) is 1.89. The smallest absolute Gasteiger partial charge is 0.0884 e. The predicted octanol–water partition coefficient (Wildman–Crippen LogP) is 0.331. The molecule has 0 aliphatic heterocycles. The minimum Gasteiger partial charge on any atom is -0.315 e. The maximum atomic E-state index is 5.84. The van der Waals surface area contributed by atoms with Gasteiger partial charge in [-0.25, -0.2) is 0 Å². The van der Waals surface area contributed by atoms with Crippen LogP contribution in [0.4, 0.5) is 0 Å². The number of nitrogens with two attached hydrogens (primary N) is 2. The van der Waals surface area contributed by atoms with Crippen LogP contribution in [-0.4, -0.2) is 18.8 Å². The van der Waals surface area contributed by atoms with Gasteiger partial charge in [-0.05, 0) is 6.92 Å². The van der Waals surface area contributed by atoms with Gasteiger partial charge in [0.2, 0.25) is 0 Å². The topological polar surface area (TPSA) is 64.1 Å². The van der Waals surface area contributed by atoms with Gasteiger partial charge in [0.1, 0.15) is 0 Å². The normalized spacial score (nSPS) is 20.0. The van der Waals surface area contributed by atoms with E-state index in [1.54, 1.807) is 0 Å². The summed E-state index contributed by atoms with van der Waals surface area (Å²) in [6, 6.07) is 0. The summed E-state index contributed by atoms with van der Waals surface area (Å²) in [6.45, 7) is 1.94. The first-order valence-electron chi connectivity index (χ1n) is 2.78. The van der Waals surface area contributed by atoms with Gasteiger partial charge < -0.3 is 11.5 Å². The van der Waals surface area contributed by atoms with Crippen LogP contribution in [0.3, 0.4) is 0 Å². The fraction of sp³-hybridized carbons (Fsp3) is 0.800. The van der Waals surface area contributed by atoms with E-state index in [1.165, 1.54) is 0 Å². The van der Waals surface area contributed by atoms with Gasteiger partial charge >= 0.3 is 0 Å². The van der Waals surface area contributed by atoms with Crippen molar-refractivity contribution in [1.29, 1.82) is 0 Å². The van der Waals surface area contributed by atoms with Gasteiger partial charge in [0, 0.05) is 4.55 Å². The summed E-state index contributed by atoms with van der Waals surface area (Å²) in [4.78, 5) is 0. The summed E-state index contributed by atoms with van der Waals surface area (Å²) in [7, 11) is 0. The van der Waals surface area contributed by atoms with Crippen LogP contribution in [0.2, 0.25) is 0 Å². The van der Waals surface area contributed by atoms with Crippen LogP contribution in [0.5, 0.6) is 0 Å². The average molecular weight is 369 g/mol. The lowest BCUT2D eigenvalue weighted by Crippen LogP contribution is -2.56. The highest BCUT2D eigenvalue weighted by atomic mass is 127. The highest BCUT2D eigenvalue weighted by molar-refractivity contribution is 14.2. The molecule has 0 aliphatic carbocycles. The third-order valence-electron chi connectivity index (χ3n) is 1.19. The Bertz CT molecular complexity index is 115. The summed E-state index contributed by atoms with van der Waals surface area (Å²) in [5.41, 5.74) is 11.6. The van der Waals surface area contributed by atoms with Crippen molar-refractivity contribution in [3.8, 4) is 0 Å². The second kappa shape index (κ2) is 4.96. The van der Waals surface area contributed by atoms with Gasteiger partial charge in [0.05, 0.1) is 9.71 Å². The van der Waals surface area contributed by atoms with E-state index in [0.29, 0.717) is 0 Å². The van der Waals surface area contributed by atoms with Gasteiger partial charge in [-0.3, -0.25) is 5.32 Å². The van der Waals surface area contributed by atoms with Crippen molar-refractivity contribution >= 4 is 47.8 Å². The summed E-state index contributed by atoms with van der Waals surface area (Å²) in [5, 5.41) is 3.06. The zero-order valence-corrected chi connectivity index (χ0v) is 10.2. The molecule has 3 nitrogen and oxygen atoms in total. The van der Waals surface area contributed by atoms with E-state index in [-0.39, 0.29) is 30.4 Å². The van der Waals surface area contributed by atoms with Crippen LogP contribution in [-0.2, 0) is 0 Å². The minimum absolute atomic E-state index is 0.116. The van der Waals surface area contributed by atoms with Gasteiger partial charge in [-0.15, -0.1) is 20.7 Å². The van der Waals surface area contributed by atoms with Gasteiger partial charge in [0.15, 0.2) is 0 Å². The number of hydrogen-bond acceptors (Lipinski definition) is 3. The van der Waals surface area contributed by atoms with E-state index >= 15 is 0 Å².